The molecule has 0 radical (unpaired) electrons. The Bertz CT molecular complexity index is 1940. The van der Waals surface area contributed by atoms with E-state index < -0.39 is 60.8 Å². The highest BCUT2D eigenvalue weighted by atomic mass is 32.2. The van der Waals surface area contributed by atoms with Crippen molar-refractivity contribution in [2.45, 2.75) is 63.2 Å². The Balaban J connectivity index is 1.33. The molecule has 2 saturated heterocycles. The third-order valence-corrected chi connectivity index (χ3v) is 13.2. The lowest BCUT2D eigenvalue weighted by molar-refractivity contribution is -0.145. The third kappa shape index (κ3) is 12.2. The van der Waals surface area contributed by atoms with Crippen molar-refractivity contribution in [2.24, 2.45) is 11.8 Å². The molecule has 3 aromatic carbocycles. The van der Waals surface area contributed by atoms with E-state index >= 15 is 0 Å². The predicted octanol–water partition coefficient (Wildman–Crippen LogP) is 4.17. The summed E-state index contributed by atoms with van der Waals surface area (Å²) in [5.74, 6) is -0.106. The number of aliphatic hydroxyl groups excluding tert-OH is 1. The van der Waals surface area contributed by atoms with Gasteiger partial charge in [-0.15, -0.1) is 0 Å². The van der Waals surface area contributed by atoms with Gasteiger partial charge in [0.1, 0.15) is 17.6 Å². The van der Waals surface area contributed by atoms with E-state index in [0.717, 1.165) is 5.56 Å². The molecule has 0 spiro atoms. The predicted molar refractivity (Wildman–Crippen MR) is 213 cm³/mol. The second-order valence-corrected chi connectivity index (χ2v) is 18.4. The van der Waals surface area contributed by atoms with E-state index in [2.05, 4.69) is 5.32 Å². The van der Waals surface area contributed by atoms with Crippen LogP contribution >= 0.6 is 7.60 Å². The van der Waals surface area contributed by atoms with Gasteiger partial charge in [0.25, 0.3) is 0 Å². The quantitative estimate of drug-likeness (QED) is 0.115. The van der Waals surface area contributed by atoms with E-state index in [1.54, 1.807) is 80.7 Å². The van der Waals surface area contributed by atoms with Crippen LogP contribution in [0.25, 0.3) is 0 Å². The van der Waals surface area contributed by atoms with Gasteiger partial charge < -0.3 is 38.6 Å². The number of rotatable bonds is 21. The maximum atomic E-state index is 14.1. The molecule has 2 N–H and O–H groups in total. The Morgan fingerprint density at radius 2 is 1.67 bits per heavy atom. The molecule has 5 rings (SSSR count). The normalized spacial score (nSPS) is 20.0. The number of benzene rings is 3. The monoisotopic (exact) mass is 847 g/mol. The van der Waals surface area contributed by atoms with Crippen LogP contribution in [-0.4, -0.2) is 120 Å². The highest BCUT2D eigenvalue weighted by Crippen LogP contribution is 2.47. The van der Waals surface area contributed by atoms with Crippen LogP contribution in [0.3, 0.4) is 0 Å². The van der Waals surface area contributed by atoms with Crippen molar-refractivity contribution in [2.75, 3.05) is 60.2 Å². The van der Waals surface area contributed by atoms with Crippen LogP contribution in [-0.2, 0) is 49.4 Å². The number of methoxy groups -OCH3 is 1. The fraction of sp³-hybridized carbons (Fsp3) is 0.500. The highest BCUT2D eigenvalue weighted by molar-refractivity contribution is 7.89. The molecule has 16 nitrogen and oxygen atoms in total. The largest absolute Gasteiger partial charge is 0.497 e. The van der Waals surface area contributed by atoms with Crippen molar-refractivity contribution in [3.63, 3.8) is 0 Å². The smallest absolute Gasteiger partial charge is 0.411 e. The lowest BCUT2D eigenvalue weighted by Crippen LogP contribution is -2.54. The highest BCUT2D eigenvalue weighted by Gasteiger charge is 2.44. The van der Waals surface area contributed by atoms with Gasteiger partial charge in [0.2, 0.25) is 10.0 Å². The number of carbonyl (C=O) groups excluding carboxylic acids is 2. The van der Waals surface area contributed by atoms with Gasteiger partial charge >= 0.3 is 19.7 Å². The zero-order valence-electron chi connectivity index (χ0n) is 33.4. The van der Waals surface area contributed by atoms with Gasteiger partial charge in [-0.1, -0.05) is 44.2 Å². The van der Waals surface area contributed by atoms with Crippen LogP contribution in [0.4, 0.5) is 4.79 Å². The Kier molecular flexibility index (Phi) is 16.1. The Hall–Kier alpha value is -4.06. The minimum absolute atomic E-state index is 0.0326. The van der Waals surface area contributed by atoms with Gasteiger partial charge in [-0.3, -0.25) is 9.42 Å². The van der Waals surface area contributed by atoms with Gasteiger partial charge in [0.15, 0.2) is 12.9 Å². The molecule has 0 aliphatic carbocycles. The number of hydrogen-bond donors (Lipinski definition) is 2. The van der Waals surface area contributed by atoms with Gasteiger partial charge in [-0.05, 0) is 80.4 Å². The second kappa shape index (κ2) is 20.8. The van der Waals surface area contributed by atoms with Crippen LogP contribution in [0, 0.1) is 11.8 Å². The van der Waals surface area contributed by atoms with Crippen molar-refractivity contribution >= 4 is 35.0 Å². The lowest BCUT2D eigenvalue weighted by Gasteiger charge is -2.32. The van der Waals surface area contributed by atoms with Crippen LogP contribution in [0.5, 0.6) is 11.5 Å². The summed E-state index contributed by atoms with van der Waals surface area (Å²) in [6, 6.07) is 20.1. The number of para-hydroxylation sites is 1. The van der Waals surface area contributed by atoms with Gasteiger partial charge in [0, 0.05) is 26.2 Å². The average Bonchev–Trinajstić information content (AvgIpc) is 3.82. The molecule has 2 aliphatic heterocycles. The summed E-state index contributed by atoms with van der Waals surface area (Å²) in [6.07, 6.45) is -2.46. The summed E-state index contributed by atoms with van der Waals surface area (Å²) in [6.45, 7) is 5.77. The van der Waals surface area contributed by atoms with Crippen molar-refractivity contribution in [3.8, 4) is 11.5 Å². The molecule has 0 bridgehead atoms. The average molecular weight is 848 g/mol. The minimum atomic E-state index is -4.07. The first-order valence-electron chi connectivity index (χ1n) is 19.2. The van der Waals surface area contributed by atoms with Gasteiger partial charge in [-0.25, -0.2) is 22.6 Å². The summed E-state index contributed by atoms with van der Waals surface area (Å²) in [4.78, 5) is 27.4. The van der Waals surface area contributed by atoms with E-state index in [9.17, 15) is 27.7 Å². The topological polar surface area (TPSA) is 189 Å². The number of nitrogens with one attached hydrogen (secondary N) is 1. The summed E-state index contributed by atoms with van der Waals surface area (Å²) >= 11 is 0. The zero-order valence-corrected chi connectivity index (χ0v) is 35.1. The molecule has 18 heteroatoms. The molecule has 1 unspecified atom stereocenters. The standard InChI is InChI=1S/C40H54N3O13PS/c1-6-51-38(45)27-54-57(47,56-31-10-8-7-9-11-31)32-16-12-29(13-17-32)23-42(4)24-35(41-40(46)55-37-26-53-39-34(37)20-21-52-39)36(44)25-43(22-28(2)3)58(48,49)33-18-14-30(50-5)15-19-33/h7-19,28,34-37,39,44H,6,20-27H2,1-5H3,(H,41,46)/t34-,35-,36+,37-,39+,57?/m0/s1. The van der Waals surface area contributed by atoms with Crippen LogP contribution in [0.1, 0.15) is 32.8 Å². The zero-order chi connectivity index (χ0) is 41.9. The summed E-state index contributed by atoms with van der Waals surface area (Å²) in [5.41, 5.74) is 0.762. The number of aliphatic hydroxyl groups is 1. The first-order valence-corrected chi connectivity index (χ1v) is 22.1. The Labute approximate surface area is 340 Å². The molecule has 1 amide bonds. The van der Waals surface area contributed by atoms with Crippen LogP contribution < -0.4 is 19.9 Å². The van der Waals surface area contributed by atoms with Crippen molar-refractivity contribution in [1.29, 1.82) is 0 Å². The van der Waals surface area contributed by atoms with Crippen LogP contribution in [0.2, 0.25) is 0 Å². The molecule has 3 aromatic rings. The molecule has 2 aliphatic rings. The fourth-order valence-electron chi connectivity index (χ4n) is 6.65. The molecule has 58 heavy (non-hydrogen) atoms. The summed E-state index contributed by atoms with van der Waals surface area (Å²) < 4.78 is 81.6. The molecule has 2 heterocycles. The maximum Gasteiger partial charge on any atom is 0.411 e. The van der Waals surface area contributed by atoms with Crippen molar-refractivity contribution in [3.05, 3.63) is 84.4 Å². The molecular weight excluding hydrogens is 793 g/mol. The molecule has 318 valence electrons. The van der Waals surface area contributed by atoms with E-state index in [0.29, 0.717) is 25.3 Å². The SMILES string of the molecule is CCOC(=O)COP(=O)(Oc1ccccc1)c1ccc(CN(C)C[C@H](NC(=O)O[C@H]2CO[C@H]3OCC[C@H]32)[C@H](O)CN(CC(C)C)S(=O)(=O)c2ccc(OC)cc2)cc1. The lowest BCUT2D eigenvalue weighted by atomic mass is 10.0. The second-order valence-electron chi connectivity index (χ2n) is 14.5. The number of nitrogens with zero attached hydrogens (tertiary/aromatic N) is 2. The Morgan fingerprint density at radius 1 is 0.966 bits per heavy atom. The summed E-state index contributed by atoms with van der Waals surface area (Å²) in [5, 5.41) is 14.8. The first-order chi connectivity index (χ1) is 27.7. The molecule has 2 fully saturated rings. The number of amides is 1. The van der Waals surface area contributed by atoms with E-state index in [4.69, 9.17) is 32.7 Å². The molecule has 0 aromatic heterocycles. The number of hydrogen-bond acceptors (Lipinski definition) is 14. The van der Waals surface area contributed by atoms with Gasteiger partial charge in [-0.2, -0.15) is 4.31 Å². The van der Waals surface area contributed by atoms with E-state index in [1.165, 1.54) is 23.5 Å². The molecule has 0 saturated carbocycles. The Morgan fingerprint density at radius 3 is 2.33 bits per heavy atom. The van der Waals surface area contributed by atoms with Gasteiger partial charge in [0.05, 0.1) is 55.2 Å². The number of sulfonamides is 1. The van der Waals surface area contributed by atoms with E-state index in [1.807, 2.05) is 18.7 Å². The van der Waals surface area contributed by atoms with Crippen molar-refractivity contribution < 1.29 is 60.4 Å². The minimum Gasteiger partial charge on any atom is -0.497 e. The first kappa shape index (κ1) is 45.0. The fourth-order valence-corrected chi connectivity index (χ4v) is 9.77. The summed E-state index contributed by atoms with van der Waals surface area (Å²) in [7, 11) is -4.86. The van der Waals surface area contributed by atoms with Crippen molar-refractivity contribution in [1.82, 2.24) is 14.5 Å². The molecular formula is C40H54N3O13PS. The van der Waals surface area contributed by atoms with E-state index in [-0.39, 0.29) is 60.6 Å². The number of carbonyl (C=O) groups is 2. The number of fused-ring (bicyclic) bond motifs is 1. The number of alkyl carbamates (subject to hydrolysis) is 1. The van der Waals surface area contributed by atoms with Crippen LogP contribution in [0.15, 0.2) is 83.8 Å². The number of likely N-dealkylation sites (N-methyl/N-ethyl adjacent to an activating group) is 1. The number of esters is 1. The maximum absolute atomic E-state index is 14.1. The third-order valence-electron chi connectivity index (χ3n) is 9.51. The molecule has 6 atom stereocenters. The number of ether oxygens (including phenoxy) is 5.